The number of nitrogens with one attached hydrogen (secondary N) is 1. The van der Waals surface area contributed by atoms with Crippen LogP contribution in [-0.4, -0.2) is 29.3 Å². The molecule has 1 aliphatic rings. The maximum Gasteiger partial charge on any atom is 0.248 e. The van der Waals surface area contributed by atoms with E-state index in [0.29, 0.717) is 16.9 Å². The first-order chi connectivity index (χ1) is 16.8. The Morgan fingerprint density at radius 2 is 1.86 bits per heavy atom. The minimum atomic E-state index is -0.940. The predicted octanol–water partition coefficient (Wildman–Crippen LogP) is 6.03. The first-order valence-electron chi connectivity index (χ1n) is 12.3. The summed E-state index contributed by atoms with van der Waals surface area (Å²) in [6.45, 7) is 9.53. The minimum absolute atomic E-state index is 0.0325. The molecule has 35 heavy (non-hydrogen) atoms. The van der Waals surface area contributed by atoms with E-state index in [0.717, 1.165) is 31.2 Å². The Hall–Kier alpha value is -3.41. The van der Waals surface area contributed by atoms with E-state index in [1.54, 1.807) is 23.2 Å². The number of nitrogens with zero attached hydrogens (tertiary/aromatic N) is 2. The molecule has 0 radical (unpaired) electrons. The maximum absolute atomic E-state index is 14.3. The number of benzene rings is 2. The topological polar surface area (TPSA) is 52.7 Å². The van der Waals surface area contributed by atoms with Crippen LogP contribution in [0.3, 0.4) is 0 Å². The van der Waals surface area contributed by atoms with E-state index in [-0.39, 0.29) is 24.4 Å². The van der Waals surface area contributed by atoms with Crippen molar-refractivity contribution in [2.24, 2.45) is 0 Å². The molecular formula is C29H36FN3O2. The summed E-state index contributed by atoms with van der Waals surface area (Å²) in [5.41, 5.74) is 2.63. The second kappa shape index (κ2) is 12.3. The molecule has 5 nitrogen and oxygen atoms in total. The third-order valence-electron chi connectivity index (χ3n) is 6.42. The Morgan fingerprint density at radius 3 is 2.49 bits per heavy atom. The van der Waals surface area contributed by atoms with Crippen molar-refractivity contribution in [2.45, 2.75) is 65.0 Å². The number of carbonyl (C=O) groups is 2. The van der Waals surface area contributed by atoms with Gasteiger partial charge in [0.1, 0.15) is 18.4 Å². The molecule has 2 amide bonds. The van der Waals surface area contributed by atoms with E-state index in [1.165, 1.54) is 23.5 Å². The molecule has 186 valence electrons. The number of aryl methyl sites for hydroxylation is 1. The van der Waals surface area contributed by atoms with E-state index in [9.17, 15) is 14.0 Å². The highest BCUT2D eigenvalue weighted by atomic mass is 19.1. The number of hydrogen-bond donors (Lipinski definition) is 1. The monoisotopic (exact) mass is 477 g/mol. The van der Waals surface area contributed by atoms with Gasteiger partial charge in [0.05, 0.1) is 0 Å². The number of rotatable bonds is 9. The van der Waals surface area contributed by atoms with Crippen LogP contribution in [-0.2, 0) is 9.59 Å². The molecule has 0 aromatic heterocycles. The third-order valence-corrected chi connectivity index (χ3v) is 6.42. The SMILES string of the molecule is C=C(C)N(C=CC)CC(=O)N(c1cccc(F)c1)C(C(=O)NC1CCCCC1)c1ccccc1C. The van der Waals surface area contributed by atoms with Gasteiger partial charge in [0.25, 0.3) is 0 Å². The van der Waals surface area contributed by atoms with Gasteiger partial charge >= 0.3 is 0 Å². The zero-order chi connectivity index (χ0) is 25.4. The lowest BCUT2D eigenvalue weighted by Gasteiger charge is -2.35. The molecule has 1 N–H and O–H groups in total. The average molecular weight is 478 g/mol. The first kappa shape index (κ1) is 26.2. The number of anilines is 1. The molecular weight excluding hydrogens is 441 g/mol. The number of carbonyl (C=O) groups excluding carboxylic acids is 2. The summed E-state index contributed by atoms with van der Waals surface area (Å²) in [4.78, 5) is 30.9. The standard InChI is InChI=1S/C29H36FN3O2/c1-5-18-32(21(2)3)20-27(34)33(25-16-11-13-23(30)19-25)28(26-17-10-9-12-22(26)4)29(35)31-24-14-7-6-8-15-24/h5,9-13,16-19,24,28H,2,6-8,14-15,20H2,1,3-4H3,(H,31,35). The van der Waals surface area contributed by atoms with Crippen molar-refractivity contribution in [3.63, 3.8) is 0 Å². The van der Waals surface area contributed by atoms with E-state index in [1.807, 2.05) is 51.1 Å². The molecule has 3 rings (SSSR count). The lowest BCUT2D eigenvalue weighted by atomic mass is 9.93. The second-order valence-corrected chi connectivity index (χ2v) is 9.19. The van der Waals surface area contributed by atoms with Gasteiger partial charge in [-0.3, -0.25) is 14.5 Å². The molecule has 0 saturated heterocycles. The zero-order valence-corrected chi connectivity index (χ0v) is 21.0. The summed E-state index contributed by atoms with van der Waals surface area (Å²) < 4.78 is 14.3. The van der Waals surface area contributed by atoms with Crippen molar-refractivity contribution in [3.05, 3.63) is 90.0 Å². The van der Waals surface area contributed by atoms with Gasteiger partial charge in [-0.25, -0.2) is 4.39 Å². The highest BCUT2D eigenvalue weighted by Gasteiger charge is 2.35. The summed E-state index contributed by atoms with van der Waals surface area (Å²) in [6, 6.07) is 12.5. The van der Waals surface area contributed by atoms with Gasteiger partial charge < -0.3 is 10.2 Å². The van der Waals surface area contributed by atoms with E-state index < -0.39 is 11.9 Å². The molecule has 2 aromatic carbocycles. The normalized spacial score (nSPS) is 15.0. The fraction of sp³-hybridized carbons (Fsp3) is 0.379. The van der Waals surface area contributed by atoms with E-state index in [2.05, 4.69) is 11.9 Å². The Kier molecular flexibility index (Phi) is 9.24. The third kappa shape index (κ3) is 6.81. The van der Waals surface area contributed by atoms with Crippen LogP contribution < -0.4 is 10.2 Å². The summed E-state index contributed by atoms with van der Waals surface area (Å²) >= 11 is 0. The summed E-state index contributed by atoms with van der Waals surface area (Å²) in [5.74, 6) is -1.05. The molecule has 1 saturated carbocycles. The summed E-state index contributed by atoms with van der Waals surface area (Å²) in [6.07, 6.45) is 8.75. The van der Waals surface area contributed by atoms with Crippen molar-refractivity contribution >= 4 is 17.5 Å². The van der Waals surface area contributed by atoms with Crippen LogP contribution in [0.2, 0.25) is 0 Å². The van der Waals surface area contributed by atoms with Crippen molar-refractivity contribution in [2.75, 3.05) is 11.4 Å². The first-order valence-corrected chi connectivity index (χ1v) is 12.3. The maximum atomic E-state index is 14.3. The predicted molar refractivity (Wildman–Crippen MR) is 139 cm³/mol. The van der Waals surface area contributed by atoms with Gasteiger partial charge in [0.2, 0.25) is 11.8 Å². The molecule has 6 heteroatoms. The van der Waals surface area contributed by atoms with Crippen LogP contribution in [0, 0.1) is 12.7 Å². The lowest BCUT2D eigenvalue weighted by molar-refractivity contribution is -0.127. The van der Waals surface area contributed by atoms with Crippen molar-refractivity contribution in [1.82, 2.24) is 10.2 Å². The highest BCUT2D eigenvalue weighted by Crippen LogP contribution is 2.31. The van der Waals surface area contributed by atoms with E-state index >= 15 is 0 Å². The molecule has 0 bridgehead atoms. The zero-order valence-electron chi connectivity index (χ0n) is 21.0. The minimum Gasteiger partial charge on any atom is -0.351 e. The molecule has 1 atom stereocenters. The van der Waals surface area contributed by atoms with Crippen molar-refractivity contribution < 1.29 is 14.0 Å². The molecule has 0 spiro atoms. The van der Waals surface area contributed by atoms with Gasteiger partial charge in [0.15, 0.2) is 0 Å². The van der Waals surface area contributed by atoms with Crippen LogP contribution in [0.15, 0.2) is 73.1 Å². The molecule has 1 unspecified atom stereocenters. The lowest BCUT2D eigenvalue weighted by Crippen LogP contribution is -2.49. The second-order valence-electron chi connectivity index (χ2n) is 9.19. The largest absolute Gasteiger partial charge is 0.351 e. The van der Waals surface area contributed by atoms with Gasteiger partial charge in [-0.15, -0.1) is 0 Å². The van der Waals surface area contributed by atoms with Gasteiger partial charge in [-0.2, -0.15) is 0 Å². The van der Waals surface area contributed by atoms with Crippen LogP contribution in [0.4, 0.5) is 10.1 Å². The van der Waals surface area contributed by atoms with Gasteiger partial charge in [-0.1, -0.05) is 62.2 Å². The molecule has 0 aliphatic heterocycles. The fourth-order valence-electron chi connectivity index (χ4n) is 4.60. The van der Waals surface area contributed by atoms with Crippen molar-refractivity contribution in [3.8, 4) is 0 Å². The fourth-order valence-corrected chi connectivity index (χ4v) is 4.60. The van der Waals surface area contributed by atoms with Gasteiger partial charge in [0, 0.05) is 23.6 Å². The Bertz CT molecular complexity index is 1080. The Morgan fingerprint density at radius 1 is 1.14 bits per heavy atom. The van der Waals surface area contributed by atoms with E-state index in [4.69, 9.17) is 0 Å². The van der Waals surface area contributed by atoms with Crippen LogP contribution in [0.1, 0.15) is 63.1 Å². The Labute approximate surface area is 208 Å². The Balaban J connectivity index is 2.09. The van der Waals surface area contributed by atoms with Crippen molar-refractivity contribution in [1.29, 1.82) is 0 Å². The quantitative estimate of drug-likeness (QED) is 0.480. The molecule has 1 aliphatic carbocycles. The highest BCUT2D eigenvalue weighted by molar-refractivity contribution is 6.02. The smallest absolute Gasteiger partial charge is 0.248 e. The number of hydrogen-bond acceptors (Lipinski definition) is 3. The number of allylic oxidation sites excluding steroid dienone is 2. The summed E-state index contributed by atoms with van der Waals surface area (Å²) in [7, 11) is 0. The molecule has 0 heterocycles. The van der Waals surface area contributed by atoms with Gasteiger partial charge in [-0.05, 0) is 62.9 Å². The molecule has 1 fully saturated rings. The number of halogens is 1. The number of amides is 2. The van der Waals surface area contributed by atoms with Crippen LogP contribution in [0.5, 0.6) is 0 Å². The average Bonchev–Trinajstić information content (AvgIpc) is 2.83. The van der Waals surface area contributed by atoms with Crippen LogP contribution in [0.25, 0.3) is 0 Å². The van der Waals surface area contributed by atoms with Crippen LogP contribution >= 0.6 is 0 Å². The summed E-state index contributed by atoms with van der Waals surface area (Å²) in [5, 5.41) is 3.19. The molecule has 2 aromatic rings.